The Morgan fingerprint density at radius 2 is 1.76 bits per heavy atom. The zero-order chi connectivity index (χ0) is 37.5. The molecular weight excluding hydrogens is 714 g/mol. The summed E-state index contributed by atoms with van der Waals surface area (Å²) in [5, 5.41) is 23.2. The van der Waals surface area contributed by atoms with Gasteiger partial charge in [0.25, 0.3) is 5.91 Å². The molecule has 1 fully saturated rings. The van der Waals surface area contributed by atoms with E-state index in [-0.39, 0.29) is 65.8 Å². The second-order valence-electron chi connectivity index (χ2n) is 14.2. The van der Waals surface area contributed by atoms with Gasteiger partial charge in [-0.15, -0.1) is 11.6 Å². The van der Waals surface area contributed by atoms with Gasteiger partial charge in [-0.05, 0) is 60.2 Å². The van der Waals surface area contributed by atoms with Crippen molar-refractivity contribution < 1.29 is 43.5 Å². The molecule has 1 saturated heterocycles. The van der Waals surface area contributed by atoms with E-state index in [1.807, 2.05) is 48.5 Å². The summed E-state index contributed by atoms with van der Waals surface area (Å²) in [5.41, 5.74) is 3.89. The number of anilines is 2. The van der Waals surface area contributed by atoms with Crippen molar-refractivity contribution >= 4 is 51.7 Å². The average Bonchev–Trinajstić information content (AvgIpc) is 3.53. The monoisotopic (exact) mass is 755 g/mol. The first-order chi connectivity index (χ1) is 26.3. The maximum atomic E-state index is 14.4. The van der Waals surface area contributed by atoms with Gasteiger partial charge in [0.15, 0.2) is 24.0 Å². The van der Waals surface area contributed by atoms with E-state index in [2.05, 4.69) is 0 Å². The van der Waals surface area contributed by atoms with Crippen molar-refractivity contribution in [3.63, 3.8) is 0 Å². The number of aromatic hydroxyl groups is 1. The fourth-order valence-electron chi connectivity index (χ4n) is 8.35. The molecular formula is C41H42ClN3O9. The van der Waals surface area contributed by atoms with E-state index in [9.17, 15) is 24.6 Å². The van der Waals surface area contributed by atoms with E-state index in [0.717, 1.165) is 39.8 Å². The van der Waals surface area contributed by atoms with E-state index in [0.29, 0.717) is 49.4 Å². The minimum atomic E-state index is -1.28. The fourth-order valence-corrected chi connectivity index (χ4v) is 8.60. The summed E-state index contributed by atoms with van der Waals surface area (Å²) in [6.45, 7) is 1.30. The van der Waals surface area contributed by atoms with Crippen LogP contribution >= 0.6 is 11.6 Å². The SMILES string of the molecule is COc1cc2c(cc1OCCCC(=O)N1C[C@@H](CCl)c3c1cc(O)c1ccccc31)N(C(=O)O)C(OC1CCCCO1)[C@@H]1Cc3ccccc3CN1C2=O. The van der Waals surface area contributed by atoms with Crippen molar-refractivity contribution in [1.82, 2.24) is 4.90 Å². The molecule has 0 aromatic heterocycles. The van der Waals surface area contributed by atoms with Gasteiger partial charge in [0.2, 0.25) is 5.91 Å². The van der Waals surface area contributed by atoms with Crippen molar-refractivity contribution in [2.24, 2.45) is 0 Å². The lowest BCUT2D eigenvalue weighted by molar-refractivity contribution is -0.197. The highest BCUT2D eigenvalue weighted by molar-refractivity contribution is 6.19. The molecule has 0 aliphatic carbocycles. The molecule has 4 aromatic rings. The number of nitrogens with zero attached hydrogens (tertiary/aromatic N) is 3. The van der Waals surface area contributed by atoms with Crippen LogP contribution in [0, 0.1) is 0 Å². The predicted octanol–water partition coefficient (Wildman–Crippen LogP) is 7.02. The lowest BCUT2D eigenvalue weighted by Crippen LogP contribution is -2.57. The van der Waals surface area contributed by atoms with Crippen LogP contribution < -0.4 is 19.3 Å². The third-order valence-corrected chi connectivity index (χ3v) is 11.3. The zero-order valence-electron chi connectivity index (χ0n) is 29.9. The predicted molar refractivity (Wildman–Crippen MR) is 202 cm³/mol. The topological polar surface area (TPSA) is 138 Å². The number of phenols is 1. The largest absolute Gasteiger partial charge is 0.507 e. The first-order valence-corrected chi connectivity index (χ1v) is 18.9. The molecule has 4 aliphatic rings. The summed E-state index contributed by atoms with van der Waals surface area (Å²) in [4.78, 5) is 45.8. The Morgan fingerprint density at radius 3 is 2.50 bits per heavy atom. The Kier molecular flexibility index (Phi) is 9.99. The number of hydrogen-bond acceptors (Lipinski definition) is 8. The molecule has 4 aliphatic heterocycles. The summed E-state index contributed by atoms with van der Waals surface area (Å²) in [6.07, 6.45) is 0.269. The highest BCUT2D eigenvalue weighted by Crippen LogP contribution is 2.46. The number of halogens is 1. The van der Waals surface area contributed by atoms with E-state index in [4.69, 9.17) is 30.5 Å². The minimum absolute atomic E-state index is 0.0806. The molecule has 2 N–H and O–H groups in total. The van der Waals surface area contributed by atoms with Crippen LogP contribution in [0.3, 0.4) is 0 Å². The van der Waals surface area contributed by atoms with Gasteiger partial charge in [-0.2, -0.15) is 0 Å². The molecule has 0 spiro atoms. The van der Waals surface area contributed by atoms with Crippen LogP contribution in [-0.4, -0.2) is 84.3 Å². The van der Waals surface area contributed by atoms with Crippen LogP contribution in [0.5, 0.6) is 17.2 Å². The highest BCUT2D eigenvalue weighted by atomic mass is 35.5. The number of hydrogen-bond donors (Lipinski definition) is 2. The first-order valence-electron chi connectivity index (χ1n) is 18.4. The molecule has 3 amide bonds. The second-order valence-corrected chi connectivity index (χ2v) is 14.5. The van der Waals surface area contributed by atoms with E-state index in [1.54, 1.807) is 15.9 Å². The van der Waals surface area contributed by atoms with Gasteiger partial charge in [-0.25, -0.2) is 9.69 Å². The van der Waals surface area contributed by atoms with Gasteiger partial charge >= 0.3 is 6.09 Å². The maximum Gasteiger partial charge on any atom is 0.414 e. The number of phenolic OH excluding ortho intramolecular Hbond substituents is 1. The number of alkyl halides is 1. The van der Waals surface area contributed by atoms with Crippen LogP contribution in [0.4, 0.5) is 16.2 Å². The maximum absolute atomic E-state index is 14.4. The van der Waals surface area contributed by atoms with Crippen LogP contribution in [0.2, 0.25) is 0 Å². The summed E-state index contributed by atoms with van der Waals surface area (Å²) >= 11 is 6.37. The van der Waals surface area contributed by atoms with Crippen LogP contribution in [-0.2, 0) is 27.2 Å². The Balaban J connectivity index is 1.05. The first kappa shape index (κ1) is 36.0. The van der Waals surface area contributed by atoms with E-state index >= 15 is 0 Å². The number of benzene rings is 4. The van der Waals surface area contributed by atoms with E-state index < -0.39 is 24.7 Å². The number of rotatable bonds is 9. The number of amides is 3. The Hall–Kier alpha value is -5.04. The number of carbonyl (C=O) groups excluding carboxylic acids is 2. The quantitative estimate of drug-likeness (QED) is 0.136. The van der Waals surface area contributed by atoms with Crippen molar-refractivity contribution in [1.29, 1.82) is 0 Å². The van der Waals surface area contributed by atoms with Gasteiger partial charge in [-0.1, -0.05) is 48.5 Å². The number of carbonyl (C=O) groups is 3. The molecule has 13 heteroatoms. The van der Waals surface area contributed by atoms with Crippen molar-refractivity contribution in [2.45, 2.75) is 69.5 Å². The Bertz CT molecular complexity index is 2100. The van der Waals surface area contributed by atoms with Crippen molar-refractivity contribution in [3.05, 3.63) is 89.0 Å². The summed E-state index contributed by atoms with van der Waals surface area (Å²) < 4.78 is 24.3. The van der Waals surface area contributed by atoms with Gasteiger partial charge < -0.3 is 39.0 Å². The normalized spacial score (nSPS) is 21.9. The molecule has 12 nitrogen and oxygen atoms in total. The lowest BCUT2D eigenvalue weighted by Gasteiger charge is -2.42. The Labute approximate surface area is 317 Å². The average molecular weight is 756 g/mol. The molecule has 4 aromatic carbocycles. The van der Waals surface area contributed by atoms with Gasteiger partial charge in [-0.3, -0.25) is 9.59 Å². The summed E-state index contributed by atoms with van der Waals surface area (Å²) in [6, 6.07) is 19.4. The Morgan fingerprint density at radius 1 is 0.981 bits per heavy atom. The summed E-state index contributed by atoms with van der Waals surface area (Å²) in [7, 11) is 1.46. The molecule has 4 heterocycles. The third kappa shape index (κ3) is 6.46. The number of carboxylic acid groups (broad SMARTS) is 1. The zero-order valence-corrected chi connectivity index (χ0v) is 30.7. The molecule has 0 radical (unpaired) electrons. The molecule has 54 heavy (non-hydrogen) atoms. The van der Waals surface area contributed by atoms with E-state index in [1.165, 1.54) is 19.2 Å². The van der Waals surface area contributed by atoms with Gasteiger partial charge in [0.1, 0.15) is 5.75 Å². The molecule has 8 rings (SSSR count). The lowest BCUT2D eigenvalue weighted by atomic mass is 9.92. The standard InChI is InChI=1S/C41H42ClN3O9/c1-51-34-18-29-30(20-35(34)52-16-8-13-36(47)43-23-26(21-42)38-28-12-5-4-11-27(28)33(46)19-31(38)43)45(41(49)50)40(54-37-14-6-7-15-53-37)32-17-24-9-2-3-10-25(24)22-44(32)39(29)48/h2-5,9-12,18-20,26,32,37,40,46H,6-8,13-17,21-23H2,1H3,(H,49,50)/t26-,32+,37?,40?/m1/s1. The second kappa shape index (κ2) is 15.0. The molecule has 282 valence electrons. The van der Waals surface area contributed by atoms with Crippen LogP contribution in [0.15, 0.2) is 66.7 Å². The van der Waals surface area contributed by atoms with Crippen LogP contribution in [0.1, 0.15) is 65.1 Å². The van der Waals surface area contributed by atoms with Gasteiger partial charge in [0, 0.05) is 55.4 Å². The number of ether oxygens (including phenoxy) is 4. The third-order valence-electron chi connectivity index (χ3n) is 11.0. The van der Waals surface area contributed by atoms with Gasteiger partial charge in [0.05, 0.1) is 36.7 Å². The molecule has 0 saturated carbocycles. The molecule has 0 bridgehead atoms. The van der Waals surface area contributed by atoms with Crippen molar-refractivity contribution in [2.75, 3.05) is 42.5 Å². The van der Waals surface area contributed by atoms with Crippen molar-refractivity contribution in [3.8, 4) is 17.2 Å². The number of methoxy groups -OCH3 is 1. The molecule has 2 unspecified atom stereocenters. The highest BCUT2D eigenvalue weighted by Gasteiger charge is 2.47. The number of fused-ring (bicyclic) bond motifs is 6. The molecule has 4 atom stereocenters. The smallest absolute Gasteiger partial charge is 0.414 e. The van der Waals surface area contributed by atoms with Crippen LogP contribution in [0.25, 0.3) is 10.8 Å². The minimum Gasteiger partial charge on any atom is -0.507 e. The fraction of sp³-hybridized carbons (Fsp3) is 0.390. The summed E-state index contributed by atoms with van der Waals surface area (Å²) in [5.74, 6) is 0.343.